The number of nitrogens with one attached hydrogen (secondary N) is 1. The van der Waals surface area contributed by atoms with E-state index in [0.717, 1.165) is 18.6 Å². The summed E-state index contributed by atoms with van der Waals surface area (Å²) in [6.07, 6.45) is 11.4. The molecule has 3 heterocycles. The maximum atomic E-state index is 4.31. The fraction of sp³-hybridized carbons (Fsp3) is 0.571. The Balaban J connectivity index is 1.42. The van der Waals surface area contributed by atoms with Gasteiger partial charge in [-0.2, -0.15) is 5.10 Å². The number of nitrogens with zero attached hydrogens (tertiary/aromatic N) is 4. The van der Waals surface area contributed by atoms with Crippen LogP contribution in [-0.2, 0) is 6.54 Å². The second-order valence-corrected chi connectivity index (χ2v) is 5.16. The average Bonchev–Trinajstić information content (AvgIpc) is 3.08. The molecule has 3 rings (SSSR count). The summed E-state index contributed by atoms with van der Waals surface area (Å²) >= 11 is 0. The quantitative estimate of drug-likeness (QED) is 0.794. The highest BCUT2D eigenvalue weighted by Gasteiger charge is 2.10. The Bertz CT molecular complexity index is 515. The number of likely N-dealkylation sites (tertiary alicyclic amines) is 1. The molecule has 0 bridgehead atoms. The van der Waals surface area contributed by atoms with E-state index in [9.17, 15) is 0 Å². The zero-order valence-electron chi connectivity index (χ0n) is 11.3. The lowest BCUT2D eigenvalue weighted by Crippen LogP contribution is -2.24. The third kappa shape index (κ3) is 3.11. The van der Waals surface area contributed by atoms with Gasteiger partial charge in [0.2, 0.25) is 0 Å². The second-order valence-electron chi connectivity index (χ2n) is 5.16. The van der Waals surface area contributed by atoms with Gasteiger partial charge in [-0.25, -0.2) is 4.52 Å². The maximum absolute atomic E-state index is 4.31. The summed E-state index contributed by atoms with van der Waals surface area (Å²) in [6.45, 7) is 5.74. The molecule has 1 aliphatic heterocycles. The molecule has 0 atom stereocenters. The van der Waals surface area contributed by atoms with Crippen LogP contribution in [0.2, 0.25) is 0 Å². The molecule has 1 aliphatic rings. The van der Waals surface area contributed by atoms with Gasteiger partial charge < -0.3 is 10.2 Å². The highest BCUT2D eigenvalue weighted by molar-refractivity contribution is 5.51. The third-order valence-electron chi connectivity index (χ3n) is 3.75. The Morgan fingerprint density at radius 3 is 3.00 bits per heavy atom. The summed E-state index contributed by atoms with van der Waals surface area (Å²) in [6, 6.07) is 0. The minimum atomic E-state index is 0.870. The van der Waals surface area contributed by atoms with Crippen molar-refractivity contribution in [3.8, 4) is 0 Å². The topological polar surface area (TPSA) is 45.5 Å². The Labute approximate surface area is 113 Å². The summed E-state index contributed by atoms with van der Waals surface area (Å²) in [5.41, 5.74) is 2.31. The van der Waals surface area contributed by atoms with E-state index < -0.39 is 0 Å². The Kier molecular flexibility index (Phi) is 4.05. The molecule has 0 spiro atoms. The van der Waals surface area contributed by atoms with Crippen LogP contribution in [0.15, 0.2) is 24.8 Å². The molecule has 0 saturated carbocycles. The largest absolute Gasteiger partial charge is 0.312 e. The molecule has 0 amide bonds. The van der Waals surface area contributed by atoms with Crippen LogP contribution in [0.1, 0.15) is 24.8 Å². The standard InChI is InChI=1S/C14H21N5/c1-2-7-18(6-1)8-3-4-15-10-13-11-17-19-9-5-16-12-14(13)19/h5,9,11-12,15H,1-4,6-8,10H2. The van der Waals surface area contributed by atoms with Gasteiger partial charge in [-0.3, -0.25) is 4.98 Å². The smallest absolute Gasteiger partial charge is 0.0889 e. The van der Waals surface area contributed by atoms with Gasteiger partial charge in [-0.15, -0.1) is 0 Å². The van der Waals surface area contributed by atoms with Gasteiger partial charge in [0.1, 0.15) is 0 Å². The zero-order chi connectivity index (χ0) is 12.9. The molecule has 0 aromatic carbocycles. The van der Waals surface area contributed by atoms with Crippen LogP contribution in [0.5, 0.6) is 0 Å². The van der Waals surface area contributed by atoms with E-state index in [1.165, 1.54) is 44.5 Å². The zero-order valence-corrected chi connectivity index (χ0v) is 11.3. The minimum absolute atomic E-state index is 0.870. The lowest BCUT2D eigenvalue weighted by molar-refractivity contribution is 0.331. The van der Waals surface area contributed by atoms with E-state index in [2.05, 4.69) is 20.3 Å². The summed E-state index contributed by atoms with van der Waals surface area (Å²) in [4.78, 5) is 6.70. The predicted octanol–water partition coefficient (Wildman–Crippen LogP) is 1.30. The molecular weight excluding hydrogens is 238 g/mol. The van der Waals surface area contributed by atoms with Crippen LogP contribution in [-0.4, -0.2) is 45.7 Å². The molecule has 1 saturated heterocycles. The van der Waals surface area contributed by atoms with Gasteiger partial charge >= 0.3 is 0 Å². The molecule has 0 radical (unpaired) electrons. The maximum Gasteiger partial charge on any atom is 0.0889 e. The van der Waals surface area contributed by atoms with Gasteiger partial charge in [0.25, 0.3) is 0 Å². The highest BCUT2D eigenvalue weighted by atomic mass is 15.2. The molecule has 2 aromatic heterocycles. The third-order valence-corrected chi connectivity index (χ3v) is 3.75. The molecule has 2 aromatic rings. The van der Waals surface area contributed by atoms with E-state index >= 15 is 0 Å². The van der Waals surface area contributed by atoms with Crippen molar-refractivity contribution in [3.05, 3.63) is 30.4 Å². The first-order valence-electron chi connectivity index (χ1n) is 7.13. The monoisotopic (exact) mass is 259 g/mol. The van der Waals surface area contributed by atoms with Crippen molar-refractivity contribution in [2.45, 2.75) is 25.8 Å². The summed E-state index contributed by atoms with van der Waals surface area (Å²) in [7, 11) is 0. The normalized spacial score (nSPS) is 16.4. The van der Waals surface area contributed by atoms with Crippen LogP contribution in [0.25, 0.3) is 5.52 Å². The molecular formula is C14H21N5. The van der Waals surface area contributed by atoms with E-state index in [1.54, 1.807) is 6.20 Å². The van der Waals surface area contributed by atoms with Gasteiger partial charge in [0, 0.05) is 24.5 Å². The van der Waals surface area contributed by atoms with Crippen molar-refractivity contribution in [2.75, 3.05) is 26.2 Å². The van der Waals surface area contributed by atoms with Crippen molar-refractivity contribution in [3.63, 3.8) is 0 Å². The van der Waals surface area contributed by atoms with Gasteiger partial charge in [0.15, 0.2) is 0 Å². The Morgan fingerprint density at radius 2 is 2.11 bits per heavy atom. The Morgan fingerprint density at radius 1 is 1.21 bits per heavy atom. The van der Waals surface area contributed by atoms with Crippen molar-refractivity contribution in [1.82, 2.24) is 24.8 Å². The summed E-state index contributed by atoms with van der Waals surface area (Å²) < 4.78 is 1.87. The number of hydrogen-bond donors (Lipinski definition) is 1. The van der Waals surface area contributed by atoms with Crippen molar-refractivity contribution >= 4 is 5.52 Å². The molecule has 1 fully saturated rings. The van der Waals surface area contributed by atoms with Crippen LogP contribution >= 0.6 is 0 Å². The lowest BCUT2D eigenvalue weighted by atomic mass is 10.3. The molecule has 1 N–H and O–H groups in total. The van der Waals surface area contributed by atoms with Crippen LogP contribution in [0, 0.1) is 0 Å². The number of rotatable bonds is 6. The molecule has 19 heavy (non-hydrogen) atoms. The summed E-state index contributed by atoms with van der Waals surface area (Å²) in [5, 5.41) is 7.81. The SMILES string of the molecule is c1cn2ncc(CNCCCN3CCCC3)c2cn1. The number of aromatic nitrogens is 3. The fourth-order valence-corrected chi connectivity index (χ4v) is 2.68. The number of fused-ring (bicyclic) bond motifs is 1. The highest BCUT2D eigenvalue weighted by Crippen LogP contribution is 2.09. The van der Waals surface area contributed by atoms with Crippen LogP contribution in [0.4, 0.5) is 0 Å². The lowest BCUT2D eigenvalue weighted by Gasteiger charge is -2.14. The number of hydrogen-bond acceptors (Lipinski definition) is 4. The van der Waals surface area contributed by atoms with E-state index in [1.807, 2.05) is 23.1 Å². The second kappa shape index (κ2) is 6.12. The van der Waals surface area contributed by atoms with Gasteiger partial charge in [-0.05, 0) is 45.4 Å². The van der Waals surface area contributed by atoms with Crippen LogP contribution < -0.4 is 5.32 Å². The molecule has 0 aliphatic carbocycles. The fourth-order valence-electron chi connectivity index (χ4n) is 2.68. The molecule has 102 valence electrons. The molecule has 5 heteroatoms. The minimum Gasteiger partial charge on any atom is -0.312 e. The molecule has 0 unspecified atom stereocenters. The van der Waals surface area contributed by atoms with Crippen LogP contribution in [0.3, 0.4) is 0 Å². The van der Waals surface area contributed by atoms with Crippen molar-refractivity contribution in [2.24, 2.45) is 0 Å². The first kappa shape index (κ1) is 12.6. The molecule has 5 nitrogen and oxygen atoms in total. The van der Waals surface area contributed by atoms with Gasteiger partial charge in [-0.1, -0.05) is 0 Å². The van der Waals surface area contributed by atoms with E-state index in [4.69, 9.17) is 0 Å². The summed E-state index contributed by atoms with van der Waals surface area (Å²) in [5.74, 6) is 0. The van der Waals surface area contributed by atoms with Crippen molar-refractivity contribution in [1.29, 1.82) is 0 Å². The first-order chi connectivity index (χ1) is 9.43. The first-order valence-corrected chi connectivity index (χ1v) is 7.13. The van der Waals surface area contributed by atoms with E-state index in [-0.39, 0.29) is 0 Å². The predicted molar refractivity (Wildman–Crippen MR) is 75.0 cm³/mol. The average molecular weight is 259 g/mol. The van der Waals surface area contributed by atoms with E-state index in [0.29, 0.717) is 0 Å². The van der Waals surface area contributed by atoms with Gasteiger partial charge in [0.05, 0.1) is 17.9 Å². The Hall–Kier alpha value is -1.46. The van der Waals surface area contributed by atoms with Crippen molar-refractivity contribution < 1.29 is 0 Å².